The summed E-state index contributed by atoms with van der Waals surface area (Å²) in [7, 11) is 1.62. The average Bonchev–Trinajstić information content (AvgIpc) is 2.78. The molecule has 1 saturated heterocycles. The van der Waals surface area contributed by atoms with Gasteiger partial charge in [-0.1, -0.05) is 17.7 Å². The van der Waals surface area contributed by atoms with Crippen LogP contribution in [0.4, 0.5) is 5.82 Å². The predicted octanol–water partition coefficient (Wildman–Crippen LogP) is 3.39. The summed E-state index contributed by atoms with van der Waals surface area (Å²) in [5.41, 5.74) is 3.19. The number of rotatable bonds is 3. The molecule has 0 spiro atoms. The van der Waals surface area contributed by atoms with Crippen molar-refractivity contribution in [2.45, 2.75) is 6.92 Å². The third kappa shape index (κ3) is 3.72. The average molecular weight is 386 g/mol. The molecule has 0 atom stereocenters. The monoisotopic (exact) mass is 386 g/mol. The van der Waals surface area contributed by atoms with Gasteiger partial charge in [0.05, 0.1) is 18.2 Å². The molecular weight excluding hydrogens is 364 g/mol. The lowest BCUT2D eigenvalue weighted by atomic mass is 10.1. The largest absolute Gasteiger partial charge is 0.497 e. The SMILES string of the molecule is COc1ccc2nc(N3CCN(C(=O)c4ccc(C)cc4)CC3)c(C#N)cc2c1. The number of ether oxygens (including phenoxy) is 1. The normalized spacial score (nSPS) is 14.0. The van der Waals surface area contributed by atoms with Gasteiger partial charge < -0.3 is 14.5 Å². The minimum absolute atomic E-state index is 0.0451. The highest BCUT2D eigenvalue weighted by atomic mass is 16.5. The first kappa shape index (κ1) is 18.8. The lowest BCUT2D eigenvalue weighted by molar-refractivity contribution is 0.0746. The van der Waals surface area contributed by atoms with Gasteiger partial charge in [-0.2, -0.15) is 5.26 Å². The zero-order valence-electron chi connectivity index (χ0n) is 16.6. The molecule has 0 radical (unpaired) electrons. The Morgan fingerprint density at radius 3 is 2.45 bits per heavy atom. The molecule has 0 saturated carbocycles. The number of hydrogen-bond donors (Lipinski definition) is 0. The molecule has 0 N–H and O–H groups in total. The van der Waals surface area contributed by atoms with E-state index < -0.39 is 0 Å². The van der Waals surface area contributed by atoms with Crippen LogP contribution < -0.4 is 9.64 Å². The van der Waals surface area contributed by atoms with Gasteiger partial charge in [0.25, 0.3) is 5.91 Å². The number of fused-ring (bicyclic) bond motifs is 1. The predicted molar refractivity (Wildman–Crippen MR) is 112 cm³/mol. The number of methoxy groups -OCH3 is 1. The fourth-order valence-corrected chi connectivity index (χ4v) is 3.59. The quantitative estimate of drug-likeness (QED) is 0.690. The lowest BCUT2D eigenvalue weighted by Crippen LogP contribution is -2.49. The number of aryl methyl sites for hydroxylation is 1. The highest BCUT2D eigenvalue weighted by Crippen LogP contribution is 2.27. The molecule has 4 rings (SSSR count). The Bertz CT molecular complexity index is 1090. The molecule has 1 aromatic heterocycles. The van der Waals surface area contributed by atoms with Crippen molar-refractivity contribution in [1.29, 1.82) is 5.26 Å². The van der Waals surface area contributed by atoms with E-state index in [1.807, 2.05) is 60.4 Å². The molecule has 0 bridgehead atoms. The Hall–Kier alpha value is -3.59. The molecule has 1 aliphatic rings. The molecule has 0 aliphatic carbocycles. The minimum atomic E-state index is 0.0451. The minimum Gasteiger partial charge on any atom is -0.497 e. The first-order valence-electron chi connectivity index (χ1n) is 9.59. The summed E-state index contributed by atoms with van der Waals surface area (Å²) in [5, 5.41) is 10.5. The molecule has 6 heteroatoms. The molecule has 2 aromatic carbocycles. The van der Waals surface area contributed by atoms with Crippen LogP contribution in [-0.2, 0) is 0 Å². The summed E-state index contributed by atoms with van der Waals surface area (Å²) < 4.78 is 5.26. The Kier molecular flexibility index (Phi) is 5.05. The topological polar surface area (TPSA) is 69.5 Å². The fraction of sp³-hybridized carbons (Fsp3) is 0.261. The van der Waals surface area contributed by atoms with Crippen molar-refractivity contribution >= 4 is 22.6 Å². The van der Waals surface area contributed by atoms with E-state index in [1.165, 1.54) is 0 Å². The molecule has 29 heavy (non-hydrogen) atoms. The van der Waals surface area contributed by atoms with Crippen LogP contribution in [0.2, 0.25) is 0 Å². The van der Waals surface area contributed by atoms with Crippen molar-refractivity contribution in [2.75, 3.05) is 38.2 Å². The number of aromatic nitrogens is 1. The lowest BCUT2D eigenvalue weighted by Gasteiger charge is -2.36. The number of carbonyl (C=O) groups is 1. The Balaban J connectivity index is 1.53. The van der Waals surface area contributed by atoms with Crippen molar-refractivity contribution in [1.82, 2.24) is 9.88 Å². The van der Waals surface area contributed by atoms with Gasteiger partial charge in [0.15, 0.2) is 0 Å². The van der Waals surface area contributed by atoms with Crippen LogP contribution in [-0.4, -0.2) is 49.1 Å². The van der Waals surface area contributed by atoms with E-state index in [2.05, 4.69) is 11.0 Å². The zero-order valence-corrected chi connectivity index (χ0v) is 16.6. The molecule has 3 aromatic rings. The molecule has 146 valence electrons. The van der Waals surface area contributed by atoms with Crippen LogP contribution in [0.15, 0.2) is 48.5 Å². The Morgan fingerprint density at radius 1 is 1.07 bits per heavy atom. The maximum Gasteiger partial charge on any atom is 0.253 e. The molecule has 1 aliphatic heterocycles. The molecule has 0 unspecified atom stereocenters. The van der Waals surface area contributed by atoms with Crippen molar-refractivity contribution in [2.24, 2.45) is 0 Å². The van der Waals surface area contributed by atoms with E-state index in [0.717, 1.165) is 22.2 Å². The standard InChI is InChI=1S/C23H22N4O2/c1-16-3-5-17(6-4-16)23(28)27-11-9-26(10-12-27)22-19(15-24)13-18-14-20(29-2)7-8-21(18)25-22/h3-8,13-14H,9-12H2,1-2H3. The zero-order chi connectivity index (χ0) is 20.4. The maximum absolute atomic E-state index is 12.7. The molecule has 2 heterocycles. The maximum atomic E-state index is 12.7. The van der Waals surface area contributed by atoms with E-state index in [4.69, 9.17) is 9.72 Å². The van der Waals surface area contributed by atoms with E-state index in [0.29, 0.717) is 43.1 Å². The second kappa shape index (κ2) is 7.80. The van der Waals surface area contributed by atoms with Crippen molar-refractivity contribution in [3.8, 4) is 11.8 Å². The molecule has 1 amide bonds. The molecule has 6 nitrogen and oxygen atoms in total. The van der Waals surface area contributed by atoms with Crippen LogP contribution in [0.5, 0.6) is 5.75 Å². The van der Waals surface area contributed by atoms with Gasteiger partial charge in [0, 0.05) is 37.1 Å². The van der Waals surface area contributed by atoms with Gasteiger partial charge >= 0.3 is 0 Å². The smallest absolute Gasteiger partial charge is 0.253 e. The summed E-state index contributed by atoms with van der Waals surface area (Å²) in [6.45, 7) is 4.48. The first-order chi connectivity index (χ1) is 14.1. The van der Waals surface area contributed by atoms with E-state index >= 15 is 0 Å². The fourth-order valence-electron chi connectivity index (χ4n) is 3.59. The summed E-state index contributed by atoms with van der Waals surface area (Å²) in [5.74, 6) is 1.45. The van der Waals surface area contributed by atoms with Crippen molar-refractivity contribution in [3.05, 3.63) is 65.2 Å². The first-order valence-corrected chi connectivity index (χ1v) is 9.59. The number of hydrogen-bond acceptors (Lipinski definition) is 5. The summed E-state index contributed by atoms with van der Waals surface area (Å²) in [4.78, 5) is 21.4. The number of carbonyl (C=O) groups excluding carboxylic acids is 1. The number of pyridine rings is 1. The number of nitrogens with zero attached hydrogens (tertiary/aromatic N) is 4. The number of anilines is 1. The van der Waals surface area contributed by atoms with Gasteiger partial charge in [0.1, 0.15) is 17.6 Å². The van der Waals surface area contributed by atoms with Gasteiger partial charge in [-0.3, -0.25) is 4.79 Å². The second-order valence-corrected chi connectivity index (χ2v) is 7.18. The Labute approximate surface area is 169 Å². The van der Waals surface area contributed by atoms with Crippen LogP contribution in [0.3, 0.4) is 0 Å². The van der Waals surface area contributed by atoms with Gasteiger partial charge in [-0.05, 0) is 43.3 Å². The van der Waals surface area contributed by atoms with Crippen LogP contribution >= 0.6 is 0 Å². The molecular formula is C23H22N4O2. The number of piperazine rings is 1. The summed E-state index contributed by atoms with van der Waals surface area (Å²) >= 11 is 0. The Morgan fingerprint density at radius 2 is 1.79 bits per heavy atom. The van der Waals surface area contributed by atoms with E-state index in [9.17, 15) is 10.1 Å². The summed E-state index contributed by atoms with van der Waals surface area (Å²) in [6, 6.07) is 17.4. The van der Waals surface area contributed by atoms with Crippen LogP contribution in [0.1, 0.15) is 21.5 Å². The van der Waals surface area contributed by atoms with Crippen LogP contribution in [0, 0.1) is 18.3 Å². The third-order valence-electron chi connectivity index (χ3n) is 5.29. The van der Waals surface area contributed by atoms with E-state index in [-0.39, 0.29) is 5.91 Å². The van der Waals surface area contributed by atoms with Gasteiger partial charge in [0.2, 0.25) is 0 Å². The molecule has 1 fully saturated rings. The number of benzene rings is 2. The highest BCUT2D eigenvalue weighted by molar-refractivity contribution is 5.94. The van der Waals surface area contributed by atoms with E-state index in [1.54, 1.807) is 7.11 Å². The highest BCUT2D eigenvalue weighted by Gasteiger charge is 2.24. The second-order valence-electron chi connectivity index (χ2n) is 7.18. The van der Waals surface area contributed by atoms with Crippen LogP contribution in [0.25, 0.3) is 10.9 Å². The summed E-state index contributed by atoms with van der Waals surface area (Å²) in [6.07, 6.45) is 0. The van der Waals surface area contributed by atoms with Crippen molar-refractivity contribution < 1.29 is 9.53 Å². The van der Waals surface area contributed by atoms with Gasteiger partial charge in [-0.25, -0.2) is 4.98 Å². The third-order valence-corrected chi connectivity index (χ3v) is 5.29. The number of nitriles is 1. The van der Waals surface area contributed by atoms with Gasteiger partial charge in [-0.15, -0.1) is 0 Å². The number of amides is 1. The van der Waals surface area contributed by atoms with Crippen molar-refractivity contribution in [3.63, 3.8) is 0 Å².